The number of benzene rings is 7. The molecule has 0 spiro atoms. The molecule has 0 aliphatic carbocycles. The van der Waals surface area contributed by atoms with Gasteiger partial charge in [0.25, 0.3) is 0 Å². The zero-order chi connectivity index (χ0) is 28.3. The summed E-state index contributed by atoms with van der Waals surface area (Å²) in [6.45, 7) is 0. The molecule has 4 aromatic heterocycles. The van der Waals surface area contributed by atoms with Crippen LogP contribution in [0.15, 0.2) is 120 Å². The standard InChI is InChI=1S/C40H21BN2O/c1-2-9-21-20(8-1)18-19-23-22-11-5-14-27(36(22)42-35(21)23)31-32-26-10-3-4-17-30(26)44-40(32)33-28-15-6-12-24-25-13-7-16-29-38(25)43(37(24)28)39(33)34(31)41-29/h1-19,41-42H. The molecule has 11 aromatic rings. The van der Waals surface area contributed by atoms with Gasteiger partial charge in [-0.25, -0.2) is 0 Å². The van der Waals surface area contributed by atoms with Crippen molar-refractivity contribution in [2.75, 3.05) is 0 Å². The van der Waals surface area contributed by atoms with E-state index in [1.807, 2.05) is 0 Å². The highest BCUT2D eigenvalue weighted by Crippen LogP contribution is 2.48. The molecule has 1 aliphatic heterocycles. The number of nitrogens with zero attached hydrogens (tertiary/aromatic N) is 1. The van der Waals surface area contributed by atoms with Crippen LogP contribution in [-0.4, -0.2) is 16.7 Å². The van der Waals surface area contributed by atoms with Gasteiger partial charge in [-0.15, -0.1) is 0 Å². The maximum absolute atomic E-state index is 6.88. The van der Waals surface area contributed by atoms with Crippen molar-refractivity contribution in [3.8, 4) is 11.1 Å². The van der Waals surface area contributed by atoms with Crippen LogP contribution in [0.5, 0.6) is 0 Å². The van der Waals surface area contributed by atoms with E-state index >= 15 is 0 Å². The van der Waals surface area contributed by atoms with Crippen molar-refractivity contribution < 1.29 is 4.42 Å². The molecule has 4 heteroatoms. The Bertz CT molecular complexity index is 3080. The average Bonchev–Trinajstić information content (AvgIpc) is 3.82. The van der Waals surface area contributed by atoms with Gasteiger partial charge < -0.3 is 13.8 Å². The lowest BCUT2D eigenvalue weighted by Crippen LogP contribution is -2.34. The molecule has 5 heterocycles. The minimum Gasteiger partial charge on any atom is -0.455 e. The van der Waals surface area contributed by atoms with E-state index in [0.717, 1.165) is 18.4 Å². The molecular formula is C40H21BN2O. The normalized spacial score (nSPS) is 13.2. The summed E-state index contributed by atoms with van der Waals surface area (Å²) in [5.41, 5.74) is 13.5. The fourth-order valence-electron chi connectivity index (χ4n) is 8.78. The summed E-state index contributed by atoms with van der Waals surface area (Å²) >= 11 is 0. The summed E-state index contributed by atoms with van der Waals surface area (Å²) in [5.74, 6) is 0. The maximum Gasteiger partial charge on any atom is 0.198 e. The first-order valence-corrected chi connectivity index (χ1v) is 15.3. The molecule has 44 heavy (non-hydrogen) atoms. The van der Waals surface area contributed by atoms with Crippen molar-refractivity contribution >= 4 is 111 Å². The number of aromatic nitrogens is 2. The number of rotatable bonds is 1. The summed E-state index contributed by atoms with van der Waals surface area (Å²) in [6, 6.07) is 42.2. The van der Waals surface area contributed by atoms with Crippen molar-refractivity contribution in [1.82, 2.24) is 9.38 Å². The third-order valence-corrected chi connectivity index (χ3v) is 10.5. The Morgan fingerprint density at radius 1 is 0.523 bits per heavy atom. The third-order valence-electron chi connectivity index (χ3n) is 10.5. The number of nitrogens with one attached hydrogen (secondary N) is 1. The molecule has 0 saturated carbocycles. The van der Waals surface area contributed by atoms with Gasteiger partial charge in [0.05, 0.1) is 27.5 Å². The Labute approximate surface area is 250 Å². The zero-order valence-electron chi connectivity index (χ0n) is 23.5. The van der Waals surface area contributed by atoms with Crippen LogP contribution < -0.4 is 10.9 Å². The molecule has 0 amide bonds. The van der Waals surface area contributed by atoms with Crippen LogP contribution in [0.25, 0.3) is 104 Å². The molecule has 3 nitrogen and oxygen atoms in total. The van der Waals surface area contributed by atoms with Crippen molar-refractivity contribution in [2.24, 2.45) is 0 Å². The molecule has 0 bridgehead atoms. The summed E-state index contributed by atoms with van der Waals surface area (Å²) in [5, 5.41) is 12.6. The molecule has 0 fully saturated rings. The van der Waals surface area contributed by atoms with Gasteiger partial charge in [0.1, 0.15) is 11.2 Å². The molecule has 0 atom stereocenters. The highest BCUT2D eigenvalue weighted by atomic mass is 16.3. The van der Waals surface area contributed by atoms with Crippen molar-refractivity contribution in [3.05, 3.63) is 115 Å². The second kappa shape index (κ2) is 7.24. The SMILES string of the molecule is B1c2cccc3c4cccc5c6c7oc8ccccc8c7c(-c7cccc8c7[nH]c7c9ccccc9ccc87)c1c6n(c23)c45. The molecule has 0 radical (unpaired) electrons. The number of aromatic amines is 1. The zero-order valence-corrected chi connectivity index (χ0v) is 23.5. The quantitative estimate of drug-likeness (QED) is 0.201. The van der Waals surface area contributed by atoms with Crippen molar-refractivity contribution in [3.63, 3.8) is 0 Å². The lowest BCUT2D eigenvalue weighted by Gasteiger charge is -2.19. The number of H-pyrrole nitrogens is 1. The van der Waals surface area contributed by atoms with Crippen molar-refractivity contribution in [1.29, 1.82) is 0 Å². The van der Waals surface area contributed by atoms with Crippen LogP contribution in [0.1, 0.15) is 0 Å². The average molecular weight is 556 g/mol. The molecule has 200 valence electrons. The number of para-hydroxylation sites is 4. The molecule has 0 unspecified atom stereocenters. The van der Waals surface area contributed by atoms with E-state index in [2.05, 4.69) is 125 Å². The van der Waals surface area contributed by atoms with Crippen LogP contribution in [0, 0.1) is 0 Å². The Balaban J connectivity index is 1.37. The van der Waals surface area contributed by atoms with Gasteiger partial charge in [-0.3, -0.25) is 0 Å². The molecule has 0 saturated heterocycles. The lowest BCUT2D eigenvalue weighted by atomic mass is 9.59. The van der Waals surface area contributed by atoms with Crippen LogP contribution in [0.3, 0.4) is 0 Å². The second-order valence-electron chi connectivity index (χ2n) is 12.5. The van der Waals surface area contributed by atoms with E-state index in [9.17, 15) is 0 Å². The van der Waals surface area contributed by atoms with E-state index in [1.165, 1.54) is 103 Å². The summed E-state index contributed by atoms with van der Waals surface area (Å²) < 4.78 is 9.44. The first kappa shape index (κ1) is 21.9. The Kier molecular flexibility index (Phi) is 3.60. The minimum atomic E-state index is 0.879. The Morgan fingerprint density at radius 2 is 1.25 bits per heavy atom. The monoisotopic (exact) mass is 556 g/mol. The van der Waals surface area contributed by atoms with E-state index in [-0.39, 0.29) is 0 Å². The second-order valence-corrected chi connectivity index (χ2v) is 12.5. The van der Waals surface area contributed by atoms with E-state index < -0.39 is 0 Å². The largest absolute Gasteiger partial charge is 0.455 e. The van der Waals surface area contributed by atoms with Gasteiger partial charge >= 0.3 is 0 Å². The highest BCUT2D eigenvalue weighted by Gasteiger charge is 2.32. The smallest absolute Gasteiger partial charge is 0.198 e. The van der Waals surface area contributed by atoms with Gasteiger partial charge in [-0.2, -0.15) is 0 Å². The Hall–Kier alpha value is -5.74. The highest BCUT2D eigenvalue weighted by molar-refractivity contribution is 6.76. The van der Waals surface area contributed by atoms with Gasteiger partial charge in [-0.05, 0) is 22.5 Å². The summed E-state index contributed by atoms with van der Waals surface area (Å²) in [6.07, 6.45) is 0. The minimum absolute atomic E-state index is 0.879. The third kappa shape index (κ3) is 2.33. The molecule has 1 aliphatic rings. The van der Waals surface area contributed by atoms with Crippen molar-refractivity contribution in [2.45, 2.75) is 0 Å². The number of furan rings is 1. The van der Waals surface area contributed by atoms with Gasteiger partial charge in [-0.1, -0.05) is 115 Å². The lowest BCUT2D eigenvalue weighted by molar-refractivity contribution is 0.673. The van der Waals surface area contributed by atoms with E-state index in [1.54, 1.807) is 0 Å². The van der Waals surface area contributed by atoms with E-state index in [4.69, 9.17) is 4.42 Å². The Morgan fingerprint density at radius 3 is 2.20 bits per heavy atom. The van der Waals surface area contributed by atoms with E-state index in [0.29, 0.717) is 0 Å². The predicted octanol–water partition coefficient (Wildman–Crippen LogP) is 8.89. The van der Waals surface area contributed by atoms with Gasteiger partial charge in [0.15, 0.2) is 7.28 Å². The van der Waals surface area contributed by atoms with Crippen LogP contribution in [-0.2, 0) is 0 Å². The number of hydrogen-bond acceptors (Lipinski definition) is 1. The molecule has 1 N–H and O–H groups in total. The fourth-order valence-corrected chi connectivity index (χ4v) is 8.78. The number of hydrogen-bond donors (Lipinski definition) is 1. The first-order valence-electron chi connectivity index (χ1n) is 15.3. The summed E-state index contributed by atoms with van der Waals surface area (Å²) in [4.78, 5) is 3.94. The van der Waals surface area contributed by atoms with Gasteiger partial charge in [0, 0.05) is 54.2 Å². The number of fused-ring (bicyclic) bond motifs is 11. The van der Waals surface area contributed by atoms with Gasteiger partial charge in [0.2, 0.25) is 0 Å². The van der Waals surface area contributed by atoms with Crippen LogP contribution >= 0.6 is 0 Å². The maximum atomic E-state index is 6.88. The molecular weight excluding hydrogens is 535 g/mol. The molecule has 12 rings (SSSR count). The first-order chi connectivity index (χ1) is 21.8. The summed E-state index contributed by atoms with van der Waals surface area (Å²) in [7, 11) is 0.879. The fraction of sp³-hybridized carbons (Fsp3) is 0. The predicted molar refractivity (Wildman–Crippen MR) is 187 cm³/mol. The topological polar surface area (TPSA) is 33.3 Å². The van der Waals surface area contributed by atoms with Crippen LogP contribution in [0.2, 0.25) is 0 Å². The molecule has 7 aromatic carbocycles. The van der Waals surface area contributed by atoms with Crippen LogP contribution in [0.4, 0.5) is 0 Å².